The fourth-order valence-electron chi connectivity index (χ4n) is 3.83. The highest BCUT2D eigenvalue weighted by Crippen LogP contribution is 2.48. The third-order valence-corrected chi connectivity index (χ3v) is 5.99. The summed E-state index contributed by atoms with van der Waals surface area (Å²) in [7, 11) is 0. The zero-order chi connectivity index (χ0) is 22.7. The lowest BCUT2D eigenvalue weighted by Gasteiger charge is -2.42. The summed E-state index contributed by atoms with van der Waals surface area (Å²) in [5.74, 6) is -1.09. The molecule has 0 saturated heterocycles. The monoisotopic (exact) mass is 471 g/mol. The van der Waals surface area contributed by atoms with Gasteiger partial charge in [-0.25, -0.2) is 0 Å². The second-order valence-electron chi connectivity index (χ2n) is 7.19. The van der Waals surface area contributed by atoms with Crippen molar-refractivity contribution in [2.45, 2.75) is 44.7 Å². The number of benzene rings is 2. The standard InChI is InChI=1S/C21H21Cl2F6N/c1-3-8-14(13-30(20(24,25)26)21(27,28)29)19(2,15-9-4-6-11-17(15)22)16-10-5-7-12-18(16)23/h4-7,9-12,14H,3,8,13H2,1-2H3. The summed E-state index contributed by atoms with van der Waals surface area (Å²) >= 11 is 12.7. The number of rotatable bonds is 7. The average Bonchev–Trinajstić information content (AvgIpc) is 2.63. The van der Waals surface area contributed by atoms with Crippen LogP contribution in [0.4, 0.5) is 26.3 Å². The van der Waals surface area contributed by atoms with E-state index >= 15 is 0 Å². The zero-order valence-corrected chi connectivity index (χ0v) is 17.8. The van der Waals surface area contributed by atoms with Crippen LogP contribution in [-0.2, 0) is 5.41 Å². The van der Waals surface area contributed by atoms with Crippen molar-refractivity contribution < 1.29 is 26.3 Å². The molecule has 0 fully saturated rings. The van der Waals surface area contributed by atoms with Gasteiger partial charge in [-0.1, -0.05) is 79.9 Å². The molecule has 0 heterocycles. The van der Waals surface area contributed by atoms with Crippen LogP contribution < -0.4 is 0 Å². The first-order valence-corrected chi connectivity index (χ1v) is 10.00. The average molecular weight is 472 g/mol. The van der Waals surface area contributed by atoms with Crippen molar-refractivity contribution in [3.8, 4) is 0 Å². The molecule has 0 saturated carbocycles. The molecular formula is C21H21Cl2F6N. The number of hydrogen-bond acceptors (Lipinski definition) is 1. The van der Waals surface area contributed by atoms with Crippen LogP contribution in [0.3, 0.4) is 0 Å². The van der Waals surface area contributed by atoms with Crippen LogP contribution in [0.15, 0.2) is 48.5 Å². The smallest absolute Gasteiger partial charge is 0.155 e. The van der Waals surface area contributed by atoms with E-state index < -0.39 is 35.4 Å². The van der Waals surface area contributed by atoms with Crippen molar-refractivity contribution in [3.63, 3.8) is 0 Å². The molecule has 9 heteroatoms. The molecule has 2 aromatic rings. The zero-order valence-electron chi connectivity index (χ0n) is 16.3. The van der Waals surface area contributed by atoms with E-state index in [1.54, 1.807) is 62.4 Å². The molecule has 0 aromatic heterocycles. The largest absolute Gasteiger partial charge is 0.467 e. The van der Waals surface area contributed by atoms with Gasteiger partial charge in [-0.05, 0) is 35.6 Å². The Kier molecular flexibility index (Phi) is 7.75. The highest BCUT2D eigenvalue weighted by Gasteiger charge is 2.56. The van der Waals surface area contributed by atoms with Gasteiger partial charge in [0, 0.05) is 22.0 Å². The molecule has 2 aromatic carbocycles. The second kappa shape index (κ2) is 9.37. The van der Waals surface area contributed by atoms with E-state index in [1.807, 2.05) is 0 Å². The van der Waals surface area contributed by atoms with Crippen LogP contribution in [-0.4, -0.2) is 24.0 Å². The molecule has 1 unspecified atom stereocenters. The lowest BCUT2D eigenvalue weighted by atomic mass is 9.65. The molecule has 166 valence electrons. The van der Waals surface area contributed by atoms with Gasteiger partial charge in [-0.3, -0.25) is 0 Å². The minimum atomic E-state index is -5.58. The lowest BCUT2D eigenvalue weighted by Crippen LogP contribution is -2.53. The molecule has 0 bridgehead atoms. The Hall–Kier alpha value is -1.44. The van der Waals surface area contributed by atoms with E-state index in [-0.39, 0.29) is 16.5 Å². The Morgan fingerprint density at radius 1 is 0.800 bits per heavy atom. The van der Waals surface area contributed by atoms with Crippen molar-refractivity contribution >= 4 is 23.2 Å². The molecule has 0 amide bonds. The van der Waals surface area contributed by atoms with Gasteiger partial charge in [0.25, 0.3) is 0 Å². The van der Waals surface area contributed by atoms with Gasteiger partial charge in [-0.15, -0.1) is 4.90 Å². The lowest BCUT2D eigenvalue weighted by molar-refractivity contribution is -0.376. The summed E-state index contributed by atoms with van der Waals surface area (Å²) in [5, 5.41) is 0.484. The summed E-state index contributed by atoms with van der Waals surface area (Å²) in [6.07, 6.45) is -10.7. The van der Waals surface area contributed by atoms with Crippen molar-refractivity contribution in [1.82, 2.24) is 4.90 Å². The third kappa shape index (κ3) is 5.24. The van der Waals surface area contributed by atoms with Crippen LogP contribution in [0.25, 0.3) is 0 Å². The molecule has 0 aliphatic rings. The topological polar surface area (TPSA) is 3.24 Å². The maximum atomic E-state index is 13.3. The summed E-state index contributed by atoms with van der Waals surface area (Å²) in [6, 6.07) is 12.9. The Balaban J connectivity index is 2.73. The predicted molar refractivity (Wildman–Crippen MR) is 107 cm³/mol. The van der Waals surface area contributed by atoms with Crippen LogP contribution in [0.5, 0.6) is 0 Å². The maximum Gasteiger partial charge on any atom is 0.467 e. The van der Waals surface area contributed by atoms with Crippen LogP contribution in [0, 0.1) is 5.92 Å². The van der Waals surface area contributed by atoms with E-state index in [0.717, 1.165) is 0 Å². The van der Waals surface area contributed by atoms with Crippen LogP contribution in [0.1, 0.15) is 37.8 Å². The molecule has 1 atom stereocenters. The highest BCUT2D eigenvalue weighted by molar-refractivity contribution is 6.32. The highest BCUT2D eigenvalue weighted by atomic mass is 35.5. The SMILES string of the molecule is CCCC(CN(C(F)(F)F)C(F)(F)F)C(C)(c1ccccc1Cl)c1ccccc1Cl. The van der Waals surface area contributed by atoms with E-state index in [9.17, 15) is 26.3 Å². The second-order valence-corrected chi connectivity index (χ2v) is 8.01. The van der Waals surface area contributed by atoms with Gasteiger partial charge >= 0.3 is 12.6 Å². The molecule has 2 rings (SSSR count). The minimum absolute atomic E-state index is 0.0929. The molecule has 0 aliphatic carbocycles. The fourth-order valence-corrected chi connectivity index (χ4v) is 4.50. The summed E-state index contributed by atoms with van der Waals surface area (Å²) < 4.78 is 79.9. The number of alkyl halides is 6. The summed E-state index contributed by atoms with van der Waals surface area (Å²) in [4.78, 5) is -1.37. The van der Waals surface area contributed by atoms with Crippen molar-refractivity contribution in [2.75, 3.05) is 6.54 Å². The molecule has 0 spiro atoms. The van der Waals surface area contributed by atoms with Crippen LogP contribution in [0.2, 0.25) is 10.0 Å². The van der Waals surface area contributed by atoms with Gasteiger partial charge in [0.2, 0.25) is 0 Å². The minimum Gasteiger partial charge on any atom is -0.155 e. The van der Waals surface area contributed by atoms with Gasteiger partial charge < -0.3 is 0 Å². The first-order chi connectivity index (χ1) is 13.8. The number of halogens is 8. The molecule has 30 heavy (non-hydrogen) atoms. The molecular weight excluding hydrogens is 451 g/mol. The molecule has 1 nitrogen and oxygen atoms in total. The third-order valence-electron chi connectivity index (χ3n) is 5.34. The van der Waals surface area contributed by atoms with E-state index in [2.05, 4.69) is 0 Å². The fraction of sp³-hybridized carbons (Fsp3) is 0.429. The Labute approximate surface area is 181 Å². The van der Waals surface area contributed by atoms with Crippen molar-refractivity contribution in [1.29, 1.82) is 0 Å². The normalized spacial score (nSPS) is 14.2. The Morgan fingerprint density at radius 2 is 1.20 bits per heavy atom. The van der Waals surface area contributed by atoms with E-state index in [4.69, 9.17) is 23.2 Å². The van der Waals surface area contributed by atoms with Crippen molar-refractivity contribution in [2.24, 2.45) is 5.92 Å². The summed E-state index contributed by atoms with van der Waals surface area (Å²) in [5.41, 5.74) is -0.466. The molecule has 0 N–H and O–H groups in total. The predicted octanol–water partition coefficient (Wildman–Crippen LogP) is 8.06. The van der Waals surface area contributed by atoms with Crippen molar-refractivity contribution in [3.05, 3.63) is 69.7 Å². The van der Waals surface area contributed by atoms with Gasteiger partial charge in [0.05, 0.1) is 0 Å². The number of hydrogen-bond donors (Lipinski definition) is 0. The van der Waals surface area contributed by atoms with Crippen LogP contribution >= 0.6 is 23.2 Å². The van der Waals surface area contributed by atoms with E-state index in [1.165, 1.54) is 0 Å². The maximum absolute atomic E-state index is 13.3. The molecule has 0 aliphatic heterocycles. The first kappa shape index (κ1) is 24.8. The quantitative estimate of drug-likeness (QED) is 0.291. The molecule has 0 radical (unpaired) electrons. The Bertz CT molecular complexity index is 790. The summed E-state index contributed by atoms with van der Waals surface area (Å²) in [6.45, 7) is 2.02. The first-order valence-electron chi connectivity index (χ1n) is 9.24. The number of nitrogens with zero attached hydrogens (tertiary/aromatic N) is 1. The van der Waals surface area contributed by atoms with Gasteiger partial charge in [0.15, 0.2) is 0 Å². The van der Waals surface area contributed by atoms with Gasteiger partial charge in [0.1, 0.15) is 0 Å². The van der Waals surface area contributed by atoms with E-state index in [0.29, 0.717) is 17.5 Å². The van der Waals surface area contributed by atoms with Gasteiger partial charge in [-0.2, -0.15) is 26.3 Å². The Morgan fingerprint density at radius 3 is 1.53 bits per heavy atom.